The van der Waals surface area contributed by atoms with Crippen molar-refractivity contribution < 1.29 is 23.8 Å². The summed E-state index contributed by atoms with van der Waals surface area (Å²) in [4.78, 5) is 20.3. The minimum Gasteiger partial charge on any atom is -0.493 e. The van der Waals surface area contributed by atoms with Gasteiger partial charge in [0.05, 0.1) is 14.2 Å². The van der Waals surface area contributed by atoms with E-state index >= 15 is 0 Å². The van der Waals surface area contributed by atoms with Crippen molar-refractivity contribution in [3.05, 3.63) is 35.7 Å². The number of carbonyl (C=O) groups excluding carboxylic acids is 1. The summed E-state index contributed by atoms with van der Waals surface area (Å²) in [6.07, 6.45) is 7.75. The first-order valence-electron chi connectivity index (χ1n) is 11.4. The van der Waals surface area contributed by atoms with Gasteiger partial charge in [-0.1, -0.05) is 18.9 Å². The van der Waals surface area contributed by atoms with Crippen molar-refractivity contribution in [3.63, 3.8) is 0 Å². The lowest BCUT2D eigenvalue weighted by Gasteiger charge is -2.38. The zero-order valence-corrected chi connectivity index (χ0v) is 20.0. The first-order valence-corrected chi connectivity index (χ1v) is 11.8. The molecule has 1 saturated carbocycles. The molecule has 2 heterocycles. The van der Waals surface area contributed by atoms with Gasteiger partial charge in [-0.2, -0.15) is 0 Å². The van der Waals surface area contributed by atoms with E-state index in [1.807, 2.05) is 18.2 Å². The van der Waals surface area contributed by atoms with E-state index in [1.54, 1.807) is 20.3 Å². The highest BCUT2D eigenvalue weighted by Gasteiger charge is 2.40. The fraction of sp³-hybridized carbons (Fsp3) is 0.565. The Morgan fingerprint density at radius 3 is 2.64 bits per heavy atom. The molecule has 1 spiro atoms. The third-order valence-electron chi connectivity index (χ3n) is 6.42. The lowest BCUT2D eigenvalue weighted by molar-refractivity contribution is -0.0742. The Bertz CT molecular complexity index is 895. The number of nitrogens with one attached hydrogen (secondary N) is 3. The van der Waals surface area contributed by atoms with Crippen molar-refractivity contribution in [1.82, 2.24) is 21.0 Å². The lowest BCUT2D eigenvalue weighted by Crippen LogP contribution is -2.51. The van der Waals surface area contributed by atoms with E-state index in [1.165, 1.54) is 25.7 Å². The number of nitrogens with zero attached hydrogens (tertiary/aromatic N) is 1. The van der Waals surface area contributed by atoms with Gasteiger partial charge in [-0.15, -0.1) is 0 Å². The van der Waals surface area contributed by atoms with E-state index in [0.717, 1.165) is 36.6 Å². The number of hydrogen-bond donors (Lipinski definition) is 3. The lowest BCUT2D eigenvalue weighted by atomic mass is 9.92. The molecule has 0 atom stereocenters. The van der Waals surface area contributed by atoms with E-state index in [2.05, 4.69) is 21.0 Å². The molecule has 3 N–H and O–H groups in total. The zero-order chi connectivity index (χ0) is 23.3. The van der Waals surface area contributed by atoms with E-state index in [0.29, 0.717) is 30.0 Å². The maximum atomic E-state index is 12.3. The third kappa shape index (κ3) is 5.80. The quantitative estimate of drug-likeness (QED) is 0.536. The molecule has 4 rings (SSSR count). The third-order valence-corrected chi connectivity index (χ3v) is 6.79. The first-order chi connectivity index (χ1) is 16.0. The largest absolute Gasteiger partial charge is 0.493 e. The topological polar surface area (TPSA) is 93.3 Å². The highest BCUT2D eigenvalue weighted by molar-refractivity contribution is 7.80. The second-order valence-corrected chi connectivity index (χ2v) is 9.01. The van der Waals surface area contributed by atoms with Gasteiger partial charge in [0.25, 0.3) is 0 Å². The first kappa shape index (κ1) is 23.4. The average molecular weight is 477 g/mol. The molecule has 33 heavy (non-hydrogen) atoms. The zero-order valence-electron chi connectivity index (χ0n) is 19.1. The van der Waals surface area contributed by atoms with Crippen LogP contribution in [0.5, 0.6) is 11.5 Å². The number of hydroxylamine groups is 1. The molecule has 1 aromatic carbocycles. The standard InChI is InChI=1S/C23H32N4O5S/c1-29-18-8-7-16(13-19(18)30-2)15-24-22(28)31-20-14-23(32-26-20)9-11-27(12-10-23)21(33)25-17-5-3-4-6-17/h7-8,13-14,17,26H,3-6,9-12,15H2,1-2H3,(H,24,28)(H,25,33). The minimum absolute atomic E-state index is 0.291. The van der Waals surface area contributed by atoms with Gasteiger partial charge in [-0.3, -0.25) is 4.84 Å². The number of amides is 1. The molecular formula is C23H32N4O5S. The molecule has 1 aromatic rings. The monoisotopic (exact) mass is 476 g/mol. The van der Waals surface area contributed by atoms with Gasteiger partial charge in [-0.05, 0) is 42.8 Å². The smallest absolute Gasteiger partial charge is 0.414 e. The maximum absolute atomic E-state index is 12.3. The van der Waals surface area contributed by atoms with Crippen molar-refractivity contribution in [3.8, 4) is 11.5 Å². The van der Waals surface area contributed by atoms with Crippen LogP contribution >= 0.6 is 12.2 Å². The van der Waals surface area contributed by atoms with E-state index in [9.17, 15) is 4.79 Å². The molecule has 0 radical (unpaired) electrons. The van der Waals surface area contributed by atoms with Crippen LogP contribution in [0.1, 0.15) is 44.1 Å². The molecule has 9 nitrogen and oxygen atoms in total. The SMILES string of the molecule is COc1ccc(CNC(=O)OC2=CC3(CCN(C(=S)NC4CCCC4)CC3)ON2)cc1OC. The van der Waals surface area contributed by atoms with Crippen molar-refractivity contribution in [2.24, 2.45) is 0 Å². The number of benzene rings is 1. The Morgan fingerprint density at radius 1 is 1.21 bits per heavy atom. The molecule has 10 heteroatoms. The summed E-state index contributed by atoms with van der Waals surface area (Å²) < 4.78 is 15.9. The maximum Gasteiger partial charge on any atom is 0.414 e. The van der Waals surface area contributed by atoms with E-state index in [-0.39, 0.29) is 0 Å². The number of rotatable bonds is 6. The van der Waals surface area contributed by atoms with Crippen molar-refractivity contribution in [2.75, 3.05) is 27.3 Å². The average Bonchev–Trinajstić information content (AvgIpc) is 3.48. The van der Waals surface area contributed by atoms with Gasteiger partial charge in [0.2, 0.25) is 5.88 Å². The molecule has 1 aliphatic carbocycles. The Morgan fingerprint density at radius 2 is 1.94 bits per heavy atom. The second kappa shape index (κ2) is 10.5. The van der Waals surface area contributed by atoms with Gasteiger partial charge >= 0.3 is 6.09 Å². The molecule has 2 fully saturated rings. The second-order valence-electron chi connectivity index (χ2n) is 8.63. The van der Waals surface area contributed by atoms with Crippen LogP contribution in [0.15, 0.2) is 30.2 Å². The summed E-state index contributed by atoms with van der Waals surface area (Å²) >= 11 is 5.60. The van der Waals surface area contributed by atoms with Gasteiger partial charge < -0.3 is 29.7 Å². The van der Waals surface area contributed by atoms with Crippen LogP contribution in [-0.4, -0.2) is 55.1 Å². The Hall–Kier alpha value is -2.72. The molecule has 0 bridgehead atoms. The molecule has 1 amide bonds. The predicted molar refractivity (Wildman–Crippen MR) is 127 cm³/mol. The highest BCUT2D eigenvalue weighted by Crippen LogP contribution is 2.32. The van der Waals surface area contributed by atoms with Crippen LogP contribution in [0.2, 0.25) is 0 Å². The van der Waals surface area contributed by atoms with E-state index < -0.39 is 11.7 Å². The number of piperidine rings is 1. The van der Waals surface area contributed by atoms with Crippen molar-refractivity contribution in [2.45, 2.75) is 56.7 Å². The van der Waals surface area contributed by atoms with Crippen molar-refractivity contribution >= 4 is 23.4 Å². The van der Waals surface area contributed by atoms with Crippen LogP contribution in [0.3, 0.4) is 0 Å². The van der Waals surface area contributed by atoms with Crippen LogP contribution in [0.4, 0.5) is 4.79 Å². The molecular weight excluding hydrogens is 444 g/mol. The molecule has 0 aromatic heterocycles. The number of ether oxygens (including phenoxy) is 3. The Balaban J connectivity index is 1.23. The van der Waals surface area contributed by atoms with Crippen LogP contribution in [0.25, 0.3) is 0 Å². The number of hydrogen-bond acceptors (Lipinski definition) is 7. The number of methoxy groups -OCH3 is 2. The minimum atomic E-state index is -0.566. The summed E-state index contributed by atoms with van der Waals surface area (Å²) in [7, 11) is 3.15. The molecule has 0 unspecified atom stereocenters. The molecule has 180 valence electrons. The Kier molecular flexibility index (Phi) is 7.44. The van der Waals surface area contributed by atoms with Crippen LogP contribution < -0.4 is 25.6 Å². The van der Waals surface area contributed by atoms with Gasteiger partial charge in [0.15, 0.2) is 16.6 Å². The van der Waals surface area contributed by atoms with Gasteiger partial charge in [-0.25, -0.2) is 10.3 Å². The summed E-state index contributed by atoms with van der Waals surface area (Å²) in [5.74, 6) is 1.54. The van der Waals surface area contributed by atoms with Crippen molar-refractivity contribution in [1.29, 1.82) is 0 Å². The highest BCUT2D eigenvalue weighted by atomic mass is 32.1. The van der Waals surface area contributed by atoms with Crippen LogP contribution in [-0.2, 0) is 16.1 Å². The number of likely N-dealkylation sites (tertiary alicyclic amines) is 1. The summed E-state index contributed by atoms with van der Waals surface area (Å²) in [6, 6.07) is 5.97. The van der Waals surface area contributed by atoms with Crippen LogP contribution in [0, 0.1) is 0 Å². The van der Waals surface area contributed by atoms with Gasteiger partial charge in [0, 0.05) is 44.6 Å². The fourth-order valence-electron chi connectivity index (χ4n) is 4.47. The summed E-state index contributed by atoms with van der Waals surface area (Å²) in [6.45, 7) is 1.86. The predicted octanol–water partition coefficient (Wildman–Crippen LogP) is 2.96. The number of thiocarbonyl (C=S) groups is 1. The normalized spacial score (nSPS) is 19.6. The molecule has 1 saturated heterocycles. The van der Waals surface area contributed by atoms with E-state index in [4.69, 9.17) is 31.3 Å². The Labute approximate surface area is 199 Å². The molecule has 2 aliphatic heterocycles. The number of alkyl carbamates (subject to hydrolysis) is 1. The summed E-state index contributed by atoms with van der Waals surface area (Å²) in [5, 5.41) is 7.06. The summed E-state index contributed by atoms with van der Waals surface area (Å²) in [5.41, 5.74) is 3.13. The number of carbonyl (C=O) groups is 1. The molecule has 3 aliphatic rings. The fourth-order valence-corrected chi connectivity index (χ4v) is 4.82. The van der Waals surface area contributed by atoms with Gasteiger partial charge in [0.1, 0.15) is 5.60 Å².